The van der Waals surface area contributed by atoms with Gasteiger partial charge in [0.15, 0.2) is 0 Å². The third-order valence-electron chi connectivity index (χ3n) is 2.75. The Morgan fingerprint density at radius 1 is 1.42 bits per heavy atom. The lowest BCUT2D eigenvalue weighted by molar-refractivity contribution is 0.100. The Bertz CT molecular complexity index is 603. The standard InChI is InChI=1S/C13H17N5O/c1-8(2)18-7-10(6-16-18)17-12-5-9(13(15)19)3-4-11(12)14/h3-8,17H,14H2,1-2H3,(H2,15,19). The number of carbonyl (C=O) groups excluding carboxylic acids is 1. The Hall–Kier alpha value is -2.50. The molecule has 1 amide bonds. The van der Waals surface area contributed by atoms with Crippen molar-refractivity contribution < 1.29 is 4.79 Å². The van der Waals surface area contributed by atoms with Crippen molar-refractivity contribution in [2.45, 2.75) is 19.9 Å². The average molecular weight is 259 g/mol. The molecule has 2 aromatic rings. The maximum Gasteiger partial charge on any atom is 0.248 e. The summed E-state index contributed by atoms with van der Waals surface area (Å²) in [6.45, 7) is 4.08. The summed E-state index contributed by atoms with van der Waals surface area (Å²) in [5, 5.41) is 7.35. The summed E-state index contributed by atoms with van der Waals surface area (Å²) in [4.78, 5) is 11.1. The molecule has 1 heterocycles. The van der Waals surface area contributed by atoms with E-state index in [-0.39, 0.29) is 6.04 Å². The number of aromatic nitrogens is 2. The fourth-order valence-corrected chi connectivity index (χ4v) is 1.66. The van der Waals surface area contributed by atoms with Crippen LogP contribution < -0.4 is 16.8 Å². The van der Waals surface area contributed by atoms with E-state index >= 15 is 0 Å². The van der Waals surface area contributed by atoms with Crippen molar-refractivity contribution in [2.24, 2.45) is 5.73 Å². The third-order valence-corrected chi connectivity index (χ3v) is 2.75. The number of nitrogen functional groups attached to an aromatic ring is 1. The van der Waals surface area contributed by atoms with Crippen molar-refractivity contribution in [2.75, 3.05) is 11.1 Å². The van der Waals surface area contributed by atoms with E-state index < -0.39 is 5.91 Å². The van der Waals surface area contributed by atoms with Gasteiger partial charge in [-0.25, -0.2) is 0 Å². The molecule has 0 atom stereocenters. The fourth-order valence-electron chi connectivity index (χ4n) is 1.66. The number of rotatable bonds is 4. The van der Waals surface area contributed by atoms with Gasteiger partial charge < -0.3 is 16.8 Å². The molecule has 5 N–H and O–H groups in total. The highest BCUT2D eigenvalue weighted by atomic mass is 16.1. The summed E-state index contributed by atoms with van der Waals surface area (Å²) >= 11 is 0. The minimum atomic E-state index is -0.485. The Balaban J connectivity index is 2.26. The Labute approximate surface area is 111 Å². The van der Waals surface area contributed by atoms with Crippen LogP contribution in [0.3, 0.4) is 0 Å². The molecule has 0 bridgehead atoms. The number of hydrogen-bond acceptors (Lipinski definition) is 4. The van der Waals surface area contributed by atoms with Crippen LogP contribution in [0.4, 0.5) is 17.1 Å². The lowest BCUT2D eigenvalue weighted by Gasteiger charge is -2.08. The summed E-state index contributed by atoms with van der Waals surface area (Å²) in [6.07, 6.45) is 3.58. The molecule has 1 aromatic heterocycles. The zero-order valence-electron chi connectivity index (χ0n) is 10.9. The molecule has 0 unspecified atom stereocenters. The Morgan fingerprint density at radius 3 is 2.74 bits per heavy atom. The van der Waals surface area contributed by atoms with Gasteiger partial charge in [-0.05, 0) is 32.0 Å². The molecule has 6 nitrogen and oxygen atoms in total. The third kappa shape index (κ3) is 2.85. The first-order chi connectivity index (χ1) is 8.97. The van der Waals surface area contributed by atoms with Gasteiger partial charge in [-0.15, -0.1) is 0 Å². The summed E-state index contributed by atoms with van der Waals surface area (Å²) in [6, 6.07) is 5.16. The number of hydrogen-bond donors (Lipinski definition) is 3. The van der Waals surface area contributed by atoms with Gasteiger partial charge in [0.25, 0.3) is 0 Å². The lowest BCUT2D eigenvalue weighted by atomic mass is 10.1. The lowest BCUT2D eigenvalue weighted by Crippen LogP contribution is -2.11. The van der Waals surface area contributed by atoms with Crippen molar-refractivity contribution >= 4 is 23.0 Å². The molecule has 6 heteroatoms. The van der Waals surface area contributed by atoms with Crippen LogP contribution in [-0.2, 0) is 0 Å². The minimum Gasteiger partial charge on any atom is -0.397 e. The highest BCUT2D eigenvalue weighted by Gasteiger charge is 2.07. The second kappa shape index (κ2) is 5.01. The van der Waals surface area contributed by atoms with Crippen LogP contribution in [0, 0.1) is 0 Å². The predicted molar refractivity (Wildman–Crippen MR) is 75.3 cm³/mol. The molecule has 1 aromatic carbocycles. The van der Waals surface area contributed by atoms with Crippen LogP contribution in [0.2, 0.25) is 0 Å². The normalized spacial score (nSPS) is 10.7. The number of nitrogens with zero attached hydrogens (tertiary/aromatic N) is 2. The SMILES string of the molecule is CC(C)n1cc(Nc2cc(C(N)=O)ccc2N)cn1. The zero-order valence-corrected chi connectivity index (χ0v) is 10.9. The average Bonchev–Trinajstić information content (AvgIpc) is 2.80. The molecule has 2 rings (SSSR count). The molecular weight excluding hydrogens is 242 g/mol. The molecule has 0 aliphatic heterocycles. The fraction of sp³-hybridized carbons (Fsp3) is 0.231. The molecule has 0 fully saturated rings. The Morgan fingerprint density at radius 2 is 2.16 bits per heavy atom. The zero-order chi connectivity index (χ0) is 14.0. The largest absolute Gasteiger partial charge is 0.397 e. The first-order valence-electron chi connectivity index (χ1n) is 5.98. The van der Waals surface area contributed by atoms with Crippen LogP contribution in [0.25, 0.3) is 0 Å². The molecule has 0 aliphatic rings. The van der Waals surface area contributed by atoms with Crippen LogP contribution in [-0.4, -0.2) is 15.7 Å². The first kappa shape index (κ1) is 12.9. The van der Waals surface area contributed by atoms with Gasteiger partial charge in [-0.1, -0.05) is 0 Å². The predicted octanol–water partition coefficient (Wildman–Crippen LogP) is 1.89. The van der Waals surface area contributed by atoms with Crippen molar-refractivity contribution in [3.63, 3.8) is 0 Å². The van der Waals surface area contributed by atoms with E-state index in [4.69, 9.17) is 11.5 Å². The van der Waals surface area contributed by atoms with Crippen molar-refractivity contribution in [1.29, 1.82) is 0 Å². The van der Waals surface area contributed by atoms with Gasteiger partial charge in [-0.3, -0.25) is 9.48 Å². The number of primary amides is 1. The van der Waals surface area contributed by atoms with Crippen LogP contribution in [0.1, 0.15) is 30.2 Å². The van der Waals surface area contributed by atoms with E-state index in [0.717, 1.165) is 5.69 Å². The molecule has 0 saturated heterocycles. The van der Waals surface area contributed by atoms with E-state index in [1.807, 2.05) is 24.7 Å². The van der Waals surface area contributed by atoms with Crippen molar-refractivity contribution in [3.8, 4) is 0 Å². The van der Waals surface area contributed by atoms with Crippen molar-refractivity contribution in [1.82, 2.24) is 9.78 Å². The molecule has 0 spiro atoms. The molecule has 0 radical (unpaired) electrons. The van der Waals surface area contributed by atoms with Gasteiger partial charge in [0.05, 0.1) is 23.3 Å². The van der Waals surface area contributed by atoms with E-state index in [9.17, 15) is 4.79 Å². The smallest absolute Gasteiger partial charge is 0.248 e. The van der Waals surface area contributed by atoms with Gasteiger partial charge in [0, 0.05) is 17.8 Å². The Kier molecular flexibility index (Phi) is 3.41. The van der Waals surface area contributed by atoms with E-state index in [2.05, 4.69) is 10.4 Å². The second-order valence-electron chi connectivity index (χ2n) is 4.59. The second-order valence-corrected chi connectivity index (χ2v) is 4.59. The first-order valence-corrected chi connectivity index (χ1v) is 5.98. The number of nitrogens with two attached hydrogens (primary N) is 2. The van der Waals surface area contributed by atoms with E-state index in [1.165, 1.54) is 0 Å². The van der Waals surface area contributed by atoms with Gasteiger partial charge >= 0.3 is 0 Å². The van der Waals surface area contributed by atoms with Gasteiger partial charge in [-0.2, -0.15) is 5.10 Å². The van der Waals surface area contributed by atoms with Crippen LogP contribution >= 0.6 is 0 Å². The molecule has 0 aliphatic carbocycles. The highest BCUT2D eigenvalue weighted by Crippen LogP contribution is 2.24. The number of benzene rings is 1. The molecular formula is C13H17N5O. The topological polar surface area (TPSA) is 99.0 Å². The summed E-state index contributed by atoms with van der Waals surface area (Å²) in [5.74, 6) is -0.485. The maximum absolute atomic E-state index is 11.1. The van der Waals surface area contributed by atoms with Crippen molar-refractivity contribution in [3.05, 3.63) is 36.2 Å². The number of carbonyl (C=O) groups is 1. The van der Waals surface area contributed by atoms with Crippen LogP contribution in [0.15, 0.2) is 30.6 Å². The molecule has 100 valence electrons. The van der Waals surface area contributed by atoms with Gasteiger partial charge in [0.1, 0.15) is 0 Å². The van der Waals surface area contributed by atoms with Crippen LogP contribution in [0.5, 0.6) is 0 Å². The summed E-state index contributed by atoms with van der Waals surface area (Å²) in [7, 11) is 0. The number of anilines is 3. The van der Waals surface area contributed by atoms with E-state index in [1.54, 1.807) is 24.4 Å². The molecule has 0 saturated carbocycles. The monoisotopic (exact) mass is 259 g/mol. The van der Waals surface area contributed by atoms with E-state index in [0.29, 0.717) is 16.9 Å². The maximum atomic E-state index is 11.1. The van der Waals surface area contributed by atoms with Gasteiger partial charge in [0.2, 0.25) is 5.91 Å². The quantitative estimate of drug-likeness (QED) is 0.730. The number of amides is 1. The minimum absolute atomic E-state index is 0.282. The summed E-state index contributed by atoms with van der Waals surface area (Å²) < 4.78 is 1.83. The summed E-state index contributed by atoms with van der Waals surface area (Å²) in [5.41, 5.74) is 13.5. The highest BCUT2D eigenvalue weighted by molar-refractivity contribution is 5.95. The number of nitrogens with one attached hydrogen (secondary N) is 1. The molecule has 19 heavy (non-hydrogen) atoms.